The van der Waals surface area contributed by atoms with Crippen LogP contribution in [-0.4, -0.2) is 13.1 Å². The quantitative estimate of drug-likeness (QED) is 0.587. The first-order chi connectivity index (χ1) is 8.69. The molecule has 2 nitrogen and oxygen atoms in total. The number of hydrogen-bond acceptors (Lipinski definition) is 2. The summed E-state index contributed by atoms with van der Waals surface area (Å²) in [7, 11) is 1.48. The molecular formula is C16H18O2. The largest absolute Gasteiger partial charge is 0.469 e. The Labute approximate surface area is 108 Å². The van der Waals surface area contributed by atoms with Crippen molar-refractivity contribution in [3.05, 3.63) is 48.0 Å². The van der Waals surface area contributed by atoms with Gasteiger partial charge >= 0.3 is 5.97 Å². The van der Waals surface area contributed by atoms with Crippen LogP contribution in [0.1, 0.15) is 30.7 Å². The summed E-state index contributed by atoms with van der Waals surface area (Å²) in [5.74, 6) is 0.125. The maximum Gasteiger partial charge on any atom is 0.309 e. The van der Waals surface area contributed by atoms with E-state index >= 15 is 0 Å². The molecule has 94 valence electrons. The predicted octanol–water partition coefficient (Wildman–Crippen LogP) is 3.30. The lowest BCUT2D eigenvalue weighted by Crippen LogP contribution is -2.22. The summed E-state index contributed by atoms with van der Waals surface area (Å²) in [4.78, 5) is 12.0. The van der Waals surface area contributed by atoms with Gasteiger partial charge < -0.3 is 4.74 Å². The van der Waals surface area contributed by atoms with Gasteiger partial charge in [-0.05, 0) is 30.2 Å². The Morgan fingerprint density at radius 3 is 2.56 bits per heavy atom. The van der Waals surface area contributed by atoms with Crippen molar-refractivity contribution in [2.75, 3.05) is 7.11 Å². The number of methoxy groups -OCH3 is 1. The van der Waals surface area contributed by atoms with Crippen LogP contribution in [0, 0.1) is 11.3 Å². The number of allylic oxidation sites excluding steroid dienone is 1. The molecule has 2 fully saturated rings. The van der Waals surface area contributed by atoms with Crippen molar-refractivity contribution in [2.45, 2.75) is 25.2 Å². The fourth-order valence-electron chi connectivity index (χ4n) is 3.57. The van der Waals surface area contributed by atoms with Gasteiger partial charge in [0.1, 0.15) is 0 Å². The summed E-state index contributed by atoms with van der Waals surface area (Å²) in [6.45, 7) is 4.20. The standard InChI is InChI=1S/C16H18O2/c1-11-10-13(15(17)18-2)14(16(11)8-9-16)12-6-4-3-5-7-12/h3-7,13-14H,1,8-10H2,2H3/t13-,14+/m1/s1. The van der Waals surface area contributed by atoms with E-state index in [1.165, 1.54) is 31.1 Å². The second-order valence-corrected chi connectivity index (χ2v) is 5.48. The fraction of sp³-hybridized carbons (Fsp3) is 0.438. The molecule has 1 spiro atoms. The number of esters is 1. The van der Waals surface area contributed by atoms with Crippen LogP contribution < -0.4 is 0 Å². The Kier molecular flexibility index (Phi) is 2.54. The molecule has 0 unspecified atom stereocenters. The average Bonchev–Trinajstić information content (AvgIpc) is 3.13. The van der Waals surface area contributed by atoms with Gasteiger partial charge in [0.2, 0.25) is 0 Å². The zero-order valence-corrected chi connectivity index (χ0v) is 10.7. The van der Waals surface area contributed by atoms with E-state index in [2.05, 4.69) is 18.7 Å². The van der Waals surface area contributed by atoms with E-state index in [4.69, 9.17) is 4.74 Å². The molecule has 2 aliphatic rings. The Hall–Kier alpha value is -1.57. The van der Waals surface area contributed by atoms with Crippen molar-refractivity contribution >= 4 is 5.97 Å². The van der Waals surface area contributed by atoms with Crippen LogP contribution in [0.15, 0.2) is 42.5 Å². The van der Waals surface area contributed by atoms with Gasteiger partial charge in [-0.3, -0.25) is 4.79 Å². The van der Waals surface area contributed by atoms with E-state index < -0.39 is 0 Å². The van der Waals surface area contributed by atoms with Crippen LogP contribution in [0.4, 0.5) is 0 Å². The molecule has 0 amide bonds. The third kappa shape index (κ3) is 1.52. The molecular weight excluding hydrogens is 224 g/mol. The zero-order valence-electron chi connectivity index (χ0n) is 10.7. The van der Waals surface area contributed by atoms with Crippen molar-refractivity contribution in [1.82, 2.24) is 0 Å². The van der Waals surface area contributed by atoms with Gasteiger partial charge in [-0.2, -0.15) is 0 Å². The molecule has 1 aromatic carbocycles. The minimum absolute atomic E-state index is 0.0487. The molecule has 3 rings (SSSR count). The first-order valence-electron chi connectivity index (χ1n) is 6.50. The number of ether oxygens (including phenoxy) is 1. The number of carbonyl (C=O) groups is 1. The normalized spacial score (nSPS) is 28.4. The molecule has 0 radical (unpaired) electrons. The predicted molar refractivity (Wildman–Crippen MR) is 70.1 cm³/mol. The molecule has 2 atom stereocenters. The summed E-state index contributed by atoms with van der Waals surface area (Å²) >= 11 is 0. The molecule has 2 saturated carbocycles. The first kappa shape index (κ1) is 11.5. The molecule has 1 aromatic rings. The summed E-state index contributed by atoms with van der Waals surface area (Å²) < 4.78 is 4.98. The van der Waals surface area contributed by atoms with Crippen LogP contribution in [0.3, 0.4) is 0 Å². The molecule has 2 heteroatoms. The average molecular weight is 242 g/mol. The Morgan fingerprint density at radius 2 is 2.00 bits per heavy atom. The minimum Gasteiger partial charge on any atom is -0.469 e. The summed E-state index contributed by atoms with van der Waals surface area (Å²) in [5.41, 5.74) is 2.68. The smallest absolute Gasteiger partial charge is 0.309 e. The highest BCUT2D eigenvalue weighted by molar-refractivity contribution is 5.76. The third-order valence-electron chi connectivity index (χ3n) is 4.62. The highest BCUT2D eigenvalue weighted by atomic mass is 16.5. The topological polar surface area (TPSA) is 26.3 Å². The Balaban J connectivity index is 2.02. The van der Waals surface area contributed by atoms with Crippen LogP contribution in [-0.2, 0) is 9.53 Å². The van der Waals surface area contributed by atoms with Crippen LogP contribution >= 0.6 is 0 Å². The van der Waals surface area contributed by atoms with Gasteiger partial charge in [-0.1, -0.05) is 42.5 Å². The SMILES string of the molecule is C=C1C[C@@H](C(=O)OC)[C@H](c2ccccc2)C12CC2. The second-order valence-electron chi connectivity index (χ2n) is 5.48. The molecule has 2 aliphatic carbocycles. The number of rotatable bonds is 2. The van der Waals surface area contributed by atoms with E-state index in [0.717, 1.165) is 6.42 Å². The fourth-order valence-corrected chi connectivity index (χ4v) is 3.57. The van der Waals surface area contributed by atoms with Crippen molar-refractivity contribution in [3.8, 4) is 0 Å². The number of benzene rings is 1. The maximum atomic E-state index is 12.0. The molecule has 0 aromatic heterocycles. The highest BCUT2D eigenvalue weighted by Gasteiger charge is 2.60. The first-order valence-corrected chi connectivity index (χ1v) is 6.50. The molecule has 0 N–H and O–H groups in total. The van der Waals surface area contributed by atoms with Gasteiger partial charge in [-0.15, -0.1) is 0 Å². The van der Waals surface area contributed by atoms with E-state index in [0.29, 0.717) is 0 Å². The molecule has 0 aliphatic heterocycles. The van der Waals surface area contributed by atoms with Gasteiger partial charge in [0.05, 0.1) is 13.0 Å². The summed E-state index contributed by atoms with van der Waals surface area (Å²) in [5, 5.41) is 0. The molecule has 18 heavy (non-hydrogen) atoms. The highest BCUT2D eigenvalue weighted by Crippen LogP contribution is 2.69. The third-order valence-corrected chi connectivity index (χ3v) is 4.62. The minimum atomic E-state index is -0.0891. The monoisotopic (exact) mass is 242 g/mol. The van der Waals surface area contributed by atoms with Crippen molar-refractivity contribution in [1.29, 1.82) is 0 Å². The second kappa shape index (κ2) is 3.98. The van der Waals surface area contributed by atoms with Gasteiger partial charge in [-0.25, -0.2) is 0 Å². The summed E-state index contributed by atoms with van der Waals surface area (Å²) in [6.07, 6.45) is 3.12. The maximum absolute atomic E-state index is 12.0. The Morgan fingerprint density at radius 1 is 1.33 bits per heavy atom. The summed E-state index contributed by atoms with van der Waals surface area (Å²) in [6, 6.07) is 10.3. The van der Waals surface area contributed by atoms with Crippen LogP contribution in [0.2, 0.25) is 0 Å². The van der Waals surface area contributed by atoms with E-state index in [9.17, 15) is 4.79 Å². The van der Waals surface area contributed by atoms with E-state index in [1.54, 1.807) is 0 Å². The molecule has 0 heterocycles. The van der Waals surface area contributed by atoms with Gasteiger partial charge in [0, 0.05) is 5.92 Å². The van der Waals surface area contributed by atoms with Crippen molar-refractivity contribution in [2.24, 2.45) is 11.3 Å². The Bertz CT molecular complexity index is 485. The molecule has 0 saturated heterocycles. The van der Waals surface area contributed by atoms with E-state index in [-0.39, 0.29) is 23.2 Å². The van der Waals surface area contributed by atoms with Gasteiger partial charge in [0.25, 0.3) is 0 Å². The van der Waals surface area contributed by atoms with Crippen LogP contribution in [0.25, 0.3) is 0 Å². The van der Waals surface area contributed by atoms with Gasteiger partial charge in [0.15, 0.2) is 0 Å². The zero-order chi connectivity index (χ0) is 12.8. The lowest BCUT2D eigenvalue weighted by atomic mass is 9.80. The number of carbonyl (C=O) groups excluding carboxylic acids is 1. The van der Waals surface area contributed by atoms with E-state index in [1.807, 2.05) is 18.2 Å². The van der Waals surface area contributed by atoms with Crippen LogP contribution in [0.5, 0.6) is 0 Å². The lowest BCUT2D eigenvalue weighted by Gasteiger charge is -2.23. The lowest BCUT2D eigenvalue weighted by molar-refractivity contribution is -0.145. The molecule has 0 bridgehead atoms. The van der Waals surface area contributed by atoms with Crippen molar-refractivity contribution in [3.63, 3.8) is 0 Å². The van der Waals surface area contributed by atoms with Crippen molar-refractivity contribution < 1.29 is 9.53 Å². The number of hydrogen-bond donors (Lipinski definition) is 0.